The van der Waals surface area contributed by atoms with E-state index in [-0.39, 0.29) is 11.7 Å². The number of hydrogen-bond donors (Lipinski definition) is 1. The summed E-state index contributed by atoms with van der Waals surface area (Å²) in [5.41, 5.74) is 3.41. The minimum absolute atomic E-state index is 0.154. The maximum absolute atomic E-state index is 12.5. The van der Waals surface area contributed by atoms with Gasteiger partial charge < -0.3 is 10.1 Å². The second kappa shape index (κ2) is 9.89. The Morgan fingerprint density at radius 3 is 2.62 bits per heavy atom. The van der Waals surface area contributed by atoms with E-state index in [0.29, 0.717) is 27.4 Å². The number of hydrogen-bond acceptors (Lipinski definition) is 5. The van der Waals surface area contributed by atoms with Gasteiger partial charge in [-0.2, -0.15) is 0 Å². The zero-order valence-electron chi connectivity index (χ0n) is 17.6. The minimum Gasteiger partial charge on any atom is -0.496 e. The Morgan fingerprint density at radius 2 is 1.84 bits per heavy atom. The van der Waals surface area contributed by atoms with Gasteiger partial charge >= 0.3 is 0 Å². The molecule has 0 aliphatic carbocycles. The van der Waals surface area contributed by atoms with Crippen molar-refractivity contribution in [2.45, 2.75) is 12.1 Å². The zero-order chi connectivity index (χ0) is 22.5. The van der Waals surface area contributed by atoms with Gasteiger partial charge in [0, 0.05) is 5.69 Å². The SMILES string of the molecule is COc1ccccc1-c1nnc(SCC(=O)Nc2ccccc2Cl)n1-c1cccc(C)c1. The van der Waals surface area contributed by atoms with Gasteiger partial charge in [-0.05, 0) is 48.9 Å². The van der Waals surface area contributed by atoms with Gasteiger partial charge in [0.15, 0.2) is 11.0 Å². The maximum atomic E-state index is 12.5. The zero-order valence-corrected chi connectivity index (χ0v) is 19.2. The molecular formula is C24H21ClN4O2S. The van der Waals surface area contributed by atoms with E-state index in [9.17, 15) is 4.79 Å². The predicted octanol–water partition coefficient (Wildman–Crippen LogP) is 5.64. The van der Waals surface area contributed by atoms with Crippen LogP contribution in [0.4, 0.5) is 5.69 Å². The molecule has 0 saturated heterocycles. The fraction of sp³-hybridized carbons (Fsp3) is 0.125. The van der Waals surface area contributed by atoms with Crippen LogP contribution in [0.5, 0.6) is 5.75 Å². The highest BCUT2D eigenvalue weighted by Gasteiger charge is 2.20. The molecule has 1 N–H and O–H groups in total. The number of amides is 1. The third-order valence-corrected chi connectivity index (χ3v) is 5.98. The smallest absolute Gasteiger partial charge is 0.234 e. The highest BCUT2D eigenvalue weighted by atomic mass is 35.5. The van der Waals surface area contributed by atoms with Crippen LogP contribution in [0.3, 0.4) is 0 Å². The van der Waals surface area contributed by atoms with E-state index < -0.39 is 0 Å². The molecule has 0 aliphatic heterocycles. The van der Waals surface area contributed by atoms with Crippen molar-refractivity contribution in [1.82, 2.24) is 14.8 Å². The molecule has 1 amide bonds. The summed E-state index contributed by atoms with van der Waals surface area (Å²) in [4.78, 5) is 12.5. The van der Waals surface area contributed by atoms with Crippen molar-refractivity contribution in [2.75, 3.05) is 18.2 Å². The van der Waals surface area contributed by atoms with Crippen molar-refractivity contribution in [3.05, 3.63) is 83.4 Å². The highest BCUT2D eigenvalue weighted by Crippen LogP contribution is 2.33. The van der Waals surface area contributed by atoms with Crippen LogP contribution in [0, 0.1) is 6.92 Å². The molecule has 1 aromatic heterocycles. The number of aryl methyl sites for hydroxylation is 1. The van der Waals surface area contributed by atoms with Gasteiger partial charge in [0.1, 0.15) is 5.75 Å². The standard InChI is InChI=1S/C24H21ClN4O2S/c1-16-8-7-9-17(14-16)29-23(18-10-3-6-13-21(18)31-2)27-28-24(29)32-15-22(30)26-20-12-5-4-11-19(20)25/h3-14H,15H2,1-2H3,(H,26,30). The molecule has 0 saturated carbocycles. The van der Waals surface area contributed by atoms with Gasteiger partial charge in [0.05, 0.1) is 29.1 Å². The second-order valence-electron chi connectivity index (χ2n) is 7.00. The second-order valence-corrected chi connectivity index (χ2v) is 8.35. The summed E-state index contributed by atoms with van der Waals surface area (Å²) in [6.07, 6.45) is 0. The molecule has 1 heterocycles. The van der Waals surface area contributed by atoms with Gasteiger partial charge in [-0.1, -0.05) is 59.8 Å². The number of rotatable bonds is 7. The summed E-state index contributed by atoms with van der Waals surface area (Å²) in [6, 6.07) is 22.8. The Kier molecular flexibility index (Phi) is 6.78. The van der Waals surface area contributed by atoms with Gasteiger partial charge in [-0.3, -0.25) is 9.36 Å². The molecule has 0 atom stereocenters. The van der Waals surface area contributed by atoms with Gasteiger partial charge in [-0.25, -0.2) is 0 Å². The van der Waals surface area contributed by atoms with Crippen molar-refractivity contribution in [1.29, 1.82) is 0 Å². The topological polar surface area (TPSA) is 69.0 Å². The fourth-order valence-electron chi connectivity index (χ4n) is 3.25. The Labute approximate surface area is 195 Å². The average Bonchev–Trinajstić information content (AvgIpc) is 3.23. The number of thioether (sulfide) groups is 1. The van der Waals surface area contributed by atoms with E-state index in [0.717, 1.165) is 16.8 Å². The van der Waals surface area contributed by atoms with E-state index in [2.05, 4.69) is 21.6 Å². The molecule has 4 aromatic rings. The summed E-state index contributed by atoms with van der Waals surface area (Å²) in [6.45, 7) is 2.03. The Hall–Kier alpha value is -3.29. The lowest BCUT2D eigenvalue weighted by atomic mass is 10.1. The van der Waals surface area contributed by atoms with Crippen LogP contribution in [0.1, 0.15) is 5.56 Å². The molecule has 0 radical (unpaired) electrons. The third-order valence-electron chi connectivity index (χ3n) is 4.72. The number of methoxy groups -OCH3 is 1. The summed E-state index contributed by atoms with van der Waals surface area (Å²) < 4.78 is 7.48. The predicted molar refractivity (Wildman–Crippen MR) is 129 cm³/mol. The van der Waals surface area contributed by atoms with Crippen molar-refractivity contribution >= 4 is 35.0 Å². The van der Waals surface area contributed by atoms with E-state index in [4.69, 9.17) is 16.3 Å². The number of benzene rings is 3. The lowest BCUT2D eigenvalue weighted by molar-refractivity contribution is -0.113. The van der Waals surface area contributed by atoms with E-state index in [1.807, 2.05) is 66.1 Å². The van der Waals surface area contributed by atoms with Gasteiger partial charge in [0.2, 0.25) is 5.91 Å². The summed E-state index contributed by atoms with van der Waals surface area (Å²) in [5, 5.41) is 12.8. The number of ether oxygens (including phenoxy) is 1. The van der Waals surface area contributed by atoms with Crippen LogP contribution < -0.4 is 10.1 Å². The number of carbonyl (C=O) groups excluding carboxylic acids is 1. The normalized spacial score (nSPS) is 10.7. The molecule has 8 heteroatoms. The lowest BCUT2D eigenvalue weighted by Gasteiger charge is -2.13. The quantitative estimate of drug-likeness (QED) is 0.359. The number of nitrogens with zero attached hydrogens (tertiary/aromatic N) is 3. The average molecular weight is 465 g/mol. The van der Waals surface area contributed by atoms with Crippen LogP contribution in [-0.4, -0.2) is 33.5 Å². The molecule has 4 rings (SSSR count). The molecule has 162 valence electrons. The maximum Gasteiger partial charge on any atom is 0.234 e. The van der Waals surface area contributed by atoms with Crippen LogP contribution in [0.25, 0.3) is 17.1 Å². The van der Waals surface area contributed by atoms with Crippen LogP contribution in [0.15, 0.2) is 78.0 Å². The first-order valence-electron chi connectivity index (χ1n) is 9.90. The Bertz CT molecular complexity index is 1260. The van der Waals surface area contributed by atoms with Gasteiger partial charge in [-0.15, -0.1) is 10.2 Å². The molecule has 0 fully saturated rings. The molecule has 0 bridgehead atoms. The van der Waals surface area contributed by atoms with Crippen LogP contribution in [-0.2, 0) is 4.79 Å². The van der Waals surface area contributed by atoms with Crippen molar-refractivity contribution in [3.63, 3.8) is 0 Å². The summed E-state index contributed by atoms with van der Waals surface area (Å²) in [5.74, 6) is 1.31. The van der Waals surface area contributed by atoms with Crippen molar-refractivity contribution in [3.8, 4) is 22.8 Å². The summed E-state index contributed by atoms with van der Waals surface area (Å²) in [7, 11) is 1.63. The molecule has 3 aromatic carbocycles. The number of carbonyl (C=O) groups is 1. The van der Waals surface area contributed by atoms with Crippen LogP contribution in [0.2, 0.25) is 5.02 Å². The lowest BCUT2D eigenvalue weighted by Crippen LogP contribution is -2.14. The molecule has 6 nitrogen and oxygen atoms in total. The van der Waals surface area contributed by atoms with E-state index in [1.54, 1.807) is 19.2 Å². The number of halogens is 1. The fourth-order valence-corrected chi connectivity index (χ4v) is 4.18. The molecule has 0 spiro atoms. The first kappa shape index (κ1) is 21.9. The van der Waals surface area contributed by atoms with E-state index in [1.165, 1.54) is 11.8 Å². The number of aromatic nitrogens is 3. The Morgan fingerprint density at radius 1 is 1.06 bits per heavy atom. The monoisotopic (exact) mass is 464 g/mol. The summed E-state index contributed by atoms with van der Waals surface area (Å²) >= 11 is 7.45. The third kappa shape index (κ3) is 4.79. The molecular weight excluding hydrogens is 444 g/mol. The van der Waals surface area contributed by atoms with Crippen LogP contribution >= 0.6 is 23.4 Å². The first-order chi connectivity index (χ1) is 15.6. The Balaban J connectivity index is 1.66. The van der Waals surface area contributed by atoms with Crippen molar-refractivity contribution < 1.29 is 9.53 Å². The minimum atomic E-state index is -0.180. The molecule has 32 heavy (non-hydrogen) atoms. The largest absolute Gasteiger partial charge is 0.496 e. The number of nitrogens with one attached hydrogen (secondary N) is 1. The molecule has 0 aliphatic rings. The van der Waals surface area contributed by atoms with Crippen molar-refractivity contribution in [2.24, 2.45) is 0 Å². The molecule has 0 unspecified atom stereocenters. The van der Waals surface area contributed by atoms with E-state index >= 15 is 0 Å². The number of para-hydroxylation sites is 2. The van der Waals surface area contributed by atoms with Gasteiger partial charge in [0.25, 0.3) is 0 Å². The highest BCUT2D eigenvalue weighted by molar-refractivity contribution is 7.99. The number of anilines is 1. The first-order valence-corrected chi connectivity index (χ1v) is 11.3.